The molecule has 1 aromatic carbocycles. The molecule has 0 bridgehead atoms. The minimum absolute atomic E-state index is 0.463. The van der Waals surface area contributed by atoms with Crippen molar-refractivity contribution in [2.75, 3.05) is 26.2 Å². The van der Waals surface area contributed by atoms with Crippen molar-refractivity contribution in [1.82, 2.24) is 10.2 Å². The van der Waals surface area contributed by atoms with Crippen LogP contribution < -0.4 is 5.32 Å². The summed E-state index contributed by atoms with van der Waals surface area (Å²) in [5.74, 6) is 0. The number of aryl methyl sites for hydroxylation is 1. The number of likely N-dealkylation sites (tertiary alicyclic amines) is 1. The lowest BCUT2D eigenvalue weighted by atomic mass is 10.0. The van der Waals surface area contributed by atoms with Gasteiger partial charge in [-0.05, 0) is 70.4 Å². The van der Waals surface area contributed by atoms with Crippen molar-refractivity contribution in [3.05, 3.63) is 35.4 Å². The van der Waals surface area contributed by atoms with E-state index in [1.807, 2.05) is 0 Å². The summed E-state index contributed by atoms with van der Waals surface area (Å²) >= 11 is 0. The highest BCUT2D eigenvalue weighted by Crippen LogP contribution is 2.16. The average molecular weight is 246 g/mol. The van der Waals surface area contributed by atoms with Crippen LogP contribution in [0, 0.1) is 6.92 Å². The molecule has 0 saturated carbocycles. The highest BCUT2D eigenvalue weighted by molar-refractivity contribution is 5.28. The fourth-order valence-electron chi connectivity index (χ4n) is 2.81. The molecule has 0 aliphatic carbocycles. The number of nitrogens with one attached hydrogen (secondary N) is 1. The Labute approximate surface area is 111 Å². The first kappa shape index (κ1) is 13.6. The maximum atomic E-state index is 3.64. The molecular formula is C16H26N2. The Bertz CT molecular complexity index is 356. The third kappa shape index (κ3) is 3.82. The molecule has 1 fully saturated rings. The number of hydrogen-bond acceptors (Lipinski definition) is 2. The van der Waals surface area contributed by atoms with E-state index in [-0.39, 0.29) is 0 Å². The maximum Gasteiger partial charge on any atom is 0.0294 e. The van der Waals surface area contributed by atoms with Gasteiger partial charge in [-0.2, -0.15) is 0 Å². The molecule has 1 aliphatic heterocycles. The van der Waals surface area contributed by atoms with Gasteiger partial charge in [-0.3, -0.25) is 0 Å². The number of benzene rings is 1. The quantitative estimate of drug-likeness (QED) is 0.776. The standard InChI is InChI=1S/C16H26N2/c1-14-8-3-4-9-16(14)15(2)17-10-7-13-18-11-5-6-12-18/h3-4,8-9,15,17H,5-7,10-13H2,1-2H3. The van der Waals surface area contributed by atoms with E-state index < -0.39 is 0 Å². The van der Waals surface area contributed by atoms with E-state index in [4.69, 9.17) is 0 Å². The predicted octanol–water partition coefficient (Wildman–Crippen LogP) is 3.13. The molecule has 2 nitrogen and oxygen atoms in total. The molecule has 0 aromatic heterocycles. The van der Waals surface area contributed by atoms with Gasteiger partial charge in [0.25, 0.3) is 0 Å². The molecule has 0 amide bonds. The molecule has 1 atom stereocenters. The molecule has 1 aromatic rings. The summed E-state index contributed by atoms with van der Waals surface area (Å²) in [5, 5.41) is 3.64. The fraction of sp³-hybridized carbons (Fsp3) is 0.625. The predicted molar refractivity (Wildman–Crippen MR) is 77.9 cm³/mol. The minimum Gasteiger partial charge on any atom is -0.310 e. The molecule has 0 radical (unpaired) electrons. The third-order valence-electron chi connectivity index (χ3n) is 3.96. The van der Waals surface area contributed by atoms with Crippen LogP contribution >= 0.6 is 0 Å². The van der Waals surface area contributed by atoms with Gasteiger partial charge in [0, 0.05) is 6.04 Å². The van der Waals surface area contributed by atoms with Crippen LogP contribution in [0.4, 0.5) is 0 Å². The lowest BCUT2D eigenvalue weighted by molar-refractivity contribution is 0.328. The van der Waals surface area contributed by atoms with Gasteiger partial charge in [0.1, 0.15) is 0 Å². The highest BCUT2D eigenvalue weighted by Gasteiger charge is 2.11. The van der Waals surface area contributed by atoms with Crippen LogP contribution in [0.15, 0.2) is 24.3 Å². The largest absolute Gasteiger partial charge is 0.310 e. The molecule has 18 heavy (non-hydrogen) atoms. The van der Waals surface area contributed by atoms with Crippen LogP contribution in [-0.4, -0.2) is 31.1 Å². The van der Waals surface area contributed by atoms with Crippen molar-refractivity contribution in [3.63, 3.8) is 0 Å². The van der Waals surface area contributed by atoms with Crippen molar-refractivity contribution >= 4 is 0 Å². The molecular weight excluding hydrogens is 220 g/mol. The van der Waals surface area contributed by atoms with Crippen LogP contribution in [0.5, 0.6) is 0 Å². The van der Waals surface area contributed by atoms with Gasteiger partial charge in [0.15, 0.2) is 0 Å². The minimum atomic E-state index is 0.463. The zero-order chi connectivity index (χ0) is 12.8. The Hall–Kier alpha value is -0.860. The van der Waals surface area contributed by atoms with E-state index in [0.717, 1.165) is 6.54 Å². The fourth-order valence-corrected chi connectivity index (χ4v) is 2.81. The van der Waals surface area contributed by atoms with Crippen LogP contribution in [-0.2, 0) is 0 Å². The molecule has 2 rings (SSSR count). The summed E-state index contributed by atoms with van der Waals surface area (Å²) in [5.41, 5.74) is 2.82. The summed E-state index contributed by atoms with van der Waals surface area (Å²) in [7, 11) is 0. The van der Waals surface area contributed by atoms with Crippen LogP contribution in [0.25, 0.3) is 0 Å². The van der Waals surface area contributed by atoms with E-state index in [2.05, 4.69) is 48.3 Å². The molecule has 1 N–H and O–H groups in total. The number of rotatable bonds is 6. The van der Waals surface area contributed by atoms with E-state index in [0.29, 0.717) is 6.04 Å². The van der Waals surface area contributed by atoms with E-state index in [1.54, 1.807) is 0 Å². The summed E-state index contributed by atoms with van der Waals surface area (Å²) in [6.07, 6.45) is 4.05. The SMILES string of the molecule is Cc1ccccc1C(C)NCCCN1CCCC1. The summed E-state index contributed by atoms with van der Waals surface area (Å²) < 4.78 is 0. The Morgan fingerprint density at radius 2 is 1.94 bits per heavy atom. The van der Waals surface area contributed by atoms with E-state index in [1.165, 1.54) is 50.0 Å². The van der Waals surface area contributed by atoms with Crippen LogP contribution in [0.3, 0.4) is 0 Å². The Morgan fingerprint density at radius 1 is 1.22 bits per heavy atom. The molecule has 1 unspecified atom stereocenters. The Morgan fingerprint density at radius 3 is 2.67 bits per heavy atom. The normalized spacial score (nSPS) is 18.1. The Kier molecular flexibility index (Phi) is 5.21. The zero-order valence-electron chi connectivity index (χ0n) is 11.8. The first-order chi connectivity index (χ1) is 8.77. The summed E-state index contributed by atoms with van der Waals surface area (Å²) in [4.78, 5) is 2.58. The molecule has 2 heteroatoms. The second kappa shape index (κ2) is 6.91. The van der Waals surface area contributed by atoms with Crippen molar-refractivity contribution in [1.29, 1.82) is 0 Å². The maximum absolute atomic E-state index is 3.64. The molecule has 100 valence electrons. The van der Waals surface area contributed by atoms with Gasteiger partial charge in [-0.25, -0.2) is 0 Å². The van der Waals surface area contributed by atoms with Crippen LogP contribution in [0.1, 0.15) is 43.4 Å². The van der Waals surface area contributed by atoms with Gasteiger partial charge >= 0.3 is 0 Å². The van der Waals surface area contributed by atoms with E-state index >= 15 is 0 Å². The smallest absolute Gasteiger partial charge is 0.0294 e. The van der Waals surface area contributed by atoms with Crippen molar-refractivity contribution < 1.29 is 0 Å². The van der Waals surface area contributed by atoms with Gasteiger partial charge in [-0.15, -0.1) is 0 Å². The number of hydrogen-bond donors (Lipinski definition) is 1. The van der Waals surface area contributed by atoms with Gasteiger partial charge < -0.3 is 10.2 Å². The van der Waals surface area contributed by atoms with Gasteiger partial charge in [0.2, 0.25) is 0 Å². The Balaban J connectivity index is 1.68. The zero-order valence-corrected chi connectivity index (χ0v) is 11.8. The average Bonchev–Trinajstić information content (AvgIpc) is 2.88. The second-order valence-electron chi connectivity index (χ2n) is 5.43. The van der Waals surface area contributed by atoms with E-state index in [9.17, 15) is 0 Å². The monoisotopic (exact) mass is 246 g/mol. The molecule has 1 saturated heterocycles. The first-order valence-corrected chi connectivity index (χ1v) is 7.28. The van der Waals surface area contributed by atoms with Crippen molar-refractivity contribution in [2.45, 2.75) is 39.2 Å². The third-order valence-corrected chi connectivity index (χ3v) is 3.96. The van der Waals surface area contributed by atoms with Crippen molar-refractivity contribution in [2.24, 2.45) is 0 Å². The first-order valence-electron chi connectivity index (χ1n) is 7.28. The van der Waals surface area contributed by atoms with Crippen LogP contribution in [0.2, 0.25) is 0 Å². The molecule has 1 aliphatic rings. The highest BCUT2D eigenvalue weighted by atomic mass is 15.1. The van der Waals surface area contributed by atoms with Crippen molar-refractivity contribution in [3.8, 4) is 0 Å². The number of nitrogens with zero attached hydrogens (tertiary/aromatic N) is 1. The molecule has 0 spiro atoms. The lowest BCUT2D eigenvalue weighted by Gasteiger charge is -2.18. The van der Waals surface area contributed by atoms with Gasteiger partial charge in [0.05, 0.1) is 0 Å². The lowest BCUT2D eigenvalue weighted by Crippen LogP contribution is -2.26. The summed E-state index contributed by atoms with van der Waals surface area (Å²) in [6.45, 7) is 9.45. The van der Waals surface area contributed by atoms with Gasteiger partial charge in [-0.1, -0.05) is 24.3 Å². The topological polar surface area (TPSA) is 15.3 Å². The molecule has 1 heterocycles. The summed E-state index contributed by atoms with van der Waals surface area (Å²) in [6, 6.07) is 9.12. The second-order valence-corrected chi connectivity index (χ2v) is 5.43.